The molecule has 16 heavy (non-hydrogen) atoms. The van der Waals surface area contributed by atoms with Crippen molar-refractivity contribution in [1.29, 1.82) is 0 Å². The van der Waals surface area contributed by atoms with E-state index in [1.165, 1.54) is 0 Å². The number of nitrogens with zero attached hydrogens (tertiary/aromatic N) is 2. The lowest BCUT2D eigenvalue weighted by Crippen LogP contribution is -2.57. The van der Waals surface area contributed by atoms with E-state index in [-0.39, 0.29) is 11.9 Å². The van der Waals surface area contributed by atoms with Crippen LogP contribution in [0, 0.1) is 5.92 Å². The van der Waals surface area contributed by atoms with Crippen LogP contribution >= 0.6 is 0 Å². The average Bonchev–Trinajstić information content (AvgIpc) is 2.83. The number of carbonyl (C=O) groups is 1. The van der Waals surface area contributed by atoms with E-state index in [1.807, 2.05) is 6.92 Å². The van der Waals surface area contributed by atoms with Gasteiger partial charge in [0.25, 0.3) is 0 Å². The van der Waals surface area contributed by atoms with Crippen LogP contribution in [0.5, 0.6) is 0 Å². The molecule has 5 heteroatoms. The number of aliphatic imine (C=N–C) groups is 1. The summed E-state index contributed by atoms with van der Waals surface area (Å²) < 4.78 is 5.37. The maximum atomic E-state index is 11.7. The monoisotopic (exact) mass is 223 g/mol. The Morgan fingerprint density at radius 1 is 1.81 bits per heavy atom. The van der Waals surface area contributed by atoms with Crippen molar-refractivity contribution in [2.45, 2.75) is 18.9 Å². The van der Waals surface area contributed by atoms with Gasteiger partial charge in [0.05, 0.1) is 6.61 Å². The average molecular weight is 223 g/mol. The van der Waals surface area contributed by atoms with Gasteiger partial charge in [0, 0.05) is 19.1 Å². The molecule has 1 saturated heterocycles. The fraction of sp³-hybridized carbons (Fsp3) is 0.636. The number of carbonyl (C=O) groups excluding carboxylic acids is 1. The van der Waals surface area contributed by atoms with Gasteiger partial charge in [-0.1, -0.05) is 6.08 Å². The second-order valence-electron chi connectivity index (χ2n) is 4.39. The first kappa shape index (κ1) is 11.1. The summed E-state index contributed by atoms with van der Waals surface area (Å²) in [7, 11) is 0. The summed E-state index contributed by atoms with van der Waals surface area (Å²) in [6.45, 7) is 7.44. The fourth-order valence-corrected chi connectivity index (χ4v) is 2.42. The molecular weight excluding hydrogens is 206 g/mol. The summed E-state index contributed by atoms with van der Waals surface area (Å²) in [5.41, 5.74) is 5.39. The number of urea groups is 1. The maximum Gasteiger partial charge on any atom is 0.346 e. The van der Waals surface area contributed by atoms with E-state index >= 15 is 0 Å². The predicted octanol–water partition coefficient (Wildman–Crippen LogP) is 0.760. The molecule has 1 fully saturated rings. The van der Waals surface area contributed by atoms with Crippen molar-refractivity contribution in [1.82, 2.24) is 4.90 Å². The number of hydrogen-bond donors (Lipinski definition) is 1. The van der Waals surface area contributed by atoms with E-state index in [2.05, 4.69) is 11.6 Å². The molecule has 2 heterocycles. The van der Waals surface area contributed by atoms with Crippen LogP contribution in [0.3, 0.4) is 0 Å². The van der Waals surface area contributed by atoms with E-state index in [0.29, 0.717) is 19.0 Å². The Labute approximate surface area is 95.0 Å². The molecule has 0 aromatic rings. The zero-order chi connectivity index (χ0) is 11.8. The number of rotatable bonds is 3. The summed E-state index contributed by atoms with van der Waals surface area (Å²) in [6, 6.07) is -0.271. The highest BCUT2D eigenvalue weighted by Crippen LogP contribution is 2.35. The minimum Gasteiger partial charge on any atom is -0.385 e. The highest BCUT2D eigenvalue weighted by molar-refractivity contribution is 6.05. The molecular formula is C11H17N3O2. The number of hydrogen-bond acceptors (Lipinski definition) is 3. The van der Waals surface area contributed by atoms with Gasteiger partial charge in [-0.2, -0.15) is 4.99 Å². The number of amides is 2. The van der Waals surface area contributed by atoms with Crippen molar-refractivity contribution in [2.75, 3.05) is 19.8 Å². The van der Waals surface area contributed by atoms with Crippen molar-refractivity contribution < 1.29 is 9.53 Å². The van der Waals surface area contributed by atoms with Crippen LogP contribution in [0.1, 0.15) is 13.3 Å². The largest absolute Gasteiger partial charge is 0.385 e. The van der Waals surface area contributed by atoms with Gasteiger partial charge in [-0.3, -0.25) is 0 Å². The molecule has 2 unspecified atom stereocenters. The number of ether oxygens (including phenoxy) is 1. The second kappa shape index (κ2) is 3.90. The molecule has 0 saturated carbocycles. The van der Waals surface area contributed by atoms with Crippen LogP contribution in [0.25, 0.3) is 0 Å². The normalized spacial score (nSPS) is 34.3. The van der Waals surface area contributed by atoms with Crippen molar-refractivity contribution in [3.05, 3.63) is 12.7 Å². The third kappa shape index (κ3) is 1.43. The lowest BCUT2D eigenvalue weighted by atomic mass is 9.83. The number of nitrogens with two attached hydrogens (primary N) is 1. The van der Waals surface area contributed by atoms with Gasteiger partial charge in [-0.25, -0.2) is 4.79 Å². The third-order valence-electron chi connectivity index (χ3n) is 3.56. The number of amidine groups is 1. The Hall–Kier alpha value is -1.36. The molecule has 88 valence electrons. The molecule has 2 aliphatic heterocycles. The van der Waals surface area contributed by atoms with Gasteiger partial charge >= 0.3 is 6.03 Å². The van der Waals surface area contributed by atoms with Crippen molar-refractivity contribution in [3.8, 4) is 0 Å². The van der Waals surface area contributed by atoms with Gasteiger partial charge < -0.3 is 15.4 Å². The zero-order valence-electron chi connectivity index (χ0n) is 9.48. The van der Waals surface area contributed by atoms with Crippen molar-refractivity contribution in [3.63, 3.8) is 0 Å². The maximum absolute atomic E-state index is 11.7. The molecule has 2 amide bonds. The minimum atomic E-state index is -0.512. The van der Waals surface area contributed by atoms with Crippen LogP contribution in [0.15, 0.2) is 17.6 Å². The van der Waals surface area contributed by atoms with Gasteiger partial charge in [0.2, 0.25) is 0 Å². The Morgan fingerprint density at radius 2 is 2.56 bits per heavy atom. The smallest absolute Gasteiger partial charge is 0.346 e. The molecule has 2 N–H and O–H groups in total. The van der Waals surface area contributed by atoms with Crippen molar-refractivity contribution in [2.24, 2.45) is 16.6 Å². The summed E-state index contributed by atoms with van der Waals surface area (Å²) >= 11 is 0. The van der Waals surface area contributed by atoms with Gasteiger partial charge in [-0.05, 0) is 13.3 Å². The fourth-order valence-electron chi connectivity index (χ4n) is 2.42. The quantitative estimate of drug-likeness (QED) is 0.718. The molecule has 2 rings (SSSR count). The summed E-state index contributed by atoms with van der Waals surface area (Å²) in [6.07, 6.45) is 2.60. The minimum absolute atomic E-state index is 0.225. The van der Waals surface area contributed by atoms with Gasteiger partial charge in [-0.15, -0.1) is 6.58 Å². The van der Waals surface area contributed by atoms with E-state index in [9.17, 15) is 4.79 Å². The summed E-state index contributed by atoms with van der Waals surface area (Å²) in [5.74, 6) is 0.623. The second-order valence-corrected chi connectivity index (χ2v) is 4.39. The molecule has 0 spiro atoms. The highest BCUT2D eigenvalue weighted by Gasteiger charge is 2.50. The highest BCUT2D eigenvalue weighted by atomic mass is 16.5. The summed E-state index contributed by atoms with van der Waals surface area (Å²) in [4.78, 5) is 17.3. The van der Waals surface area contributed by atoms with Gasteiger partial charge in [0.15, 0.2) is 0 Å². The molecule has 5 nitrogen and oxygen atoms in total. The first-order chi connectivity index (χ1) is 7.60. The van der Waals surface area contributed by atoms with E-state index in [4.69, 9.17) is 10.5 Å². The van der Waals surface area contributed by atoms with E-state index in [0.717, 1.165) is 13.0 Å². The summed E-state index contributed by atoms with van der Waals surface area (Å²) in [5, 5.41) is 0. The Kier molecular flexibility index (Phi) is 2.71. The molecule has 0 bridgehead atoms. The van der Waals surface area contributed by atoms with Crippen molar-refractivity contribution >= 4 is 11.9 Å². The zero-order valence-corrected chi connectivity index (χ0v) is 9.48. The molecule has 2 aliphatic rings. The van der Waals surface area contributed by atoms with Gasteiger partial charge in [0.1, 0.15) is 11.4 Å². The van der Waals surface area contributed by atoms with E-state index in [1.54, 1.807) is 11.0 Å². The molecule has 0 radical (unpaired) electrons. The Bertz CT molecular complexity index is 347. The van der Waals surface area contributed by atoms with Crippen LogP contribution in [0.4, 0.5) is 4.79 Å². The lowest BCUT2D eigenvalue weighted by Gasteiger charge is -2.38. The standard InChI is InChI=1S/C11H17N3O2/c1-3-5-14-10(15)13-9(12)11(14,2)8-4-6-16-7-8/h3,8H,1,4-7H2,2H3,(H2,12,13,15). The predicted molar refractivity (Wildman–Crippen MR) is 61.3 cm³/mol. The first-order valence-corrected chi connectivity index (χ1v) is 5.45. The molecule has 0 aromatic carbocycles. The first-order valence-electron chi connectivity index (χ1n) is 5.45. The van der Waals surface area contributed by atoms with Crippen LogP contribution in [0.2, 0.25) is 0 Å². The SMILES string of the molecule is C=CCN1C(=O)N=C(N)C1(C)C1CCOC1. The topological polar surface area (TPSA) is 67.9 Å². The van der Waals surface area contributed by atoms with Crippen LogP contribution in [-0.2, 0) is 4.74 Å². The Morgan fingerprint density at radius 3 is 3.12 bits per heavy atom. The molecule has 0 aromatic heterocycles. The lowest BCUT2D eigenvalue weighted by molar-refractivity contribution is 0.127. The Balaban J connectivity index is 2.30. The molecule has 2 atom stereocenters. The van der Waals surface area contributed by atoms with E-state index < -0.39 is 5.54 Å². The van der Waals surface area contributed by atoms with Crippen LogP contribution in [-0.4, -0.2) is 42.1 Å². The third-order valence-corrected chi connectivity index (χ3v) is 3.56. The van der Waals surface area contributed by atoms with Crippen LogP contribution < -0.4 is 5.73 Å². The molecule has 0 aliphatic carbocycles.